The third kappa shape index (κ3) is 3.17. The molecule has 4 rings (SSSR count). The van der Waals surface area contributed by atoms with Crippen LogP contribution >= 0.6 is 11.6 Å². The van der Waals surface area contributed by atoms with Crippen LogP contribution in [0.25, 0.3) is 23.0 Å². The van der Waals surface area contributed by atoms with Gasteiger partial charge in [0, 0.05) is 16.7 Å². The monoisotopic (exact) mass is 372 g/mol. The molecule has 0 amide bonds. The molecule has 11 heteroatoms. The number of nitrogens with zero attached hydrogens (tertiary/aromatic N) is 6. The van der Waals surface area contributed by atoms with Crippen LogP contribution in [-0.2, 0) is 6.54 Å². The van der Waals surface area contributed by atoms with Crippen molar-refractivity contribution < 1.29 is 13.9 Å². The summed E-state index contributed by atoms with van der Waals surface area (Å²) in [6, 6.07) is 8.57. The zero-order valence-electron chi connectivity index (χ0n) is 12.9. The van der Waals surface area contributed by atoms with Gasteiger partial charge in [0.1, 0.15) is 18.9 Å². The molecule has 0 fully saturated rings. The molecule has 0 N–H and O–H groups in total. The number of aromatic nitrogens is 5. The van der Waals surface area contributed by atoms with Crippen molar-refractivity contribution in [3.8, 4) is 23.0 Å². The lowest BCUT2D eigenvalue weighted by molar-refractivity contribution is -0.385. The molecule has 0 aliphatic rings. The number of nitro groups is 1. The molecule has 0 radical (unpaired) electrons. The van der Waals surface area contributed by atoms with E-state index in [1.807, 2.05) is 0 Å². The Labute approximate surface area is 150 Å². The van der Waals surface area contributed by atoms with Gasteiger partial charge in [0.05, 0.1) is 4.92 Å². The molecule has 4 aromatic rings. The molecule has 0 spiro atoms. The summed E-state index contributed by atoms with van der Waals surface area (Å²) < 4.78 is 12.2. The van der Waals surface area contributed by atoms with Gasteiger partial charge in [-0.25, -0.2) is 0 Å². The van der Waals surface area contributed by atoms with Gasteiger partial charge >= 0.3 is 5.69 Å². The quantitative estimate of drug-likeness (QED) is 0.386. The van der Waals surface area contributed by atoms with Gasteiger partial charge in [-0.1, -0.05) is 16.8 Å². The van der Waals surface area contributed by atoms with E-state index in [9.17, 15) is 10.1 Å². The lowest BCUT2D eigenvalue weighted by Gasteiger charge is -1.94. The Kier molecular flexibility index (Phi) is 3.93. The van der Waals surface area contributed by atoms with Gasteiger partial charge in [-0.2, -0.15) is 5.10 Å². The highest BCUT2D eigenvalue weighted by Crippen LogP contribution is 2.25. The third-order valence-electron chi connectivity index (χ3n) is 3.44. The molecule has 1 aromatic carbocycles. The maximum atomic E-state index is 10.7. The molecule has 26 heavy (non-hydrogen) atoms. The van der Waals surface area contributed by atoms with E-state index in [0.717, 1.165) is 11.8 Å². The summed E-state index contributed by atoms with van der Waals surface area (Å²) in [5, 5.41) is 27.0. The summed E-state index contributed by atoms with van der Waals surface area (Å²) in [4.78, 5) is 10.2. The molecular formula is C15H9ClN6O4. The van der Waals surface area contributed by atoms with Gasteiger partial charge in [-0.3, -0.25) is 14.8 Å². The van der Waals surface area contributed by atoms with E-state index in [0.29, 0.717) is 22.4 Å². The predicted octanol–water partition coefficient (Wildman–Crippen LogP) is 3.20. The SMILES string of the molecule is O=[N+]([O-])c1cnn(Cc2cc(-c3nnc(-c4ccc(Cl)cc4)o3)no2)c1. The molecule has 0 aliphatic heterocycles. The van der Waals surface area contributed by atoms with Gasteiger partial charge in [0.2, 0.25) is 5.89 Å². The summed E-state index contributed by atoms with van der Waals surface area (Å²) in [5.41, 5.74) is 0.976. The second kappa shape index (κ2) is 6.41. The van der Waals surface area contributed by atoms with Gasteiger partial charge in [-0.15, -0.1) is 10.2 Å². The van der Waals surface area contributed by atoms with E-state index in [4.69, 9.17) is 20.5 Å². The Bertz CT molecular complexity index is 1070. The van der Waals surface area contributed by atoms with Crippen molar-refractivity contribution in [3.05, 3.63) is 63.6 Å². The lowest BCUT2D eigenvalue weighted by Crippen LogP contribution is -1.98. The maximum absolute atomic E-state index is 10.7. The van der Waals surface area contributed by atoms with Crippen LogP contribution in [0.15, 0.2) is 51.7 Å². The smallest absolute Gasteiger partial charge is 0.307 e. The Morgan fingerprint density at radius 1 is 1.19 bits per heavy atom. The highest BCUT2D eigenvalue weighted by molar-refractivity contribution is 6.30. The van der Waals surface area contributed by atoms with Crippen LogP contribution in [0.3, 0.4) is 0 Å². The fourth-order valence-electron chi connectivity index (χ4n) is 2.22. The zero-order chi connectivity index (χ0) is 18.1. The number of hydrogen-bond acceptors (Lipinski definition) is 8. The van der Waals surface area contributed by atoms with Gasteiger partial charge in [-0.05, 0) is 24.3 Å². The molecule has 130 valence electrons. The molecule has 0 aliphatic carbocycles. The van der Waals surface area contributed by atoms with Gasteiger partial charge in [0.25, 0.3) is 5.89 Å². The number of benzene rings is 1. The number of halogens is 1. The van der Waals surface area contributed by atoms with E-state index in [2.05, 4.69) is 20.5 Å². The summed E-state index contributed by atoms with van der Waals surface area (Å²) in [5.74, 6) is 0.949. The van der Waals surface area contributed by atoms with Crippen molar-refractivity contribution >= 4 is 17.3 Å². The second-order valence-electron chi connectivity index (χ2n) is 5.25. The van der Waals surface area contributed by atoms with Crippen molar-refractivity contribution in [2.24, 2.45) is 0 Å². The Morgan fingerprint density at radius 3 is 2.69 bits per heavy atom. The van der Waals surface area contributed by atoms with E-state index >= 15 is 0 Å². The van der Waals surface area contributed by atoms with E-state index < -0.39 is 4.92 Å². The third-order valence-corrected chi connectivity index (χ3v) is 3.69. The normalized spacial score (nSPS) is 11.0. The van der Waals surface area contributed by atoms with Crippen LogP contribution in [0.4, 0.5) is 5.69 Å². The van der Waals surface area contributed by atoms with E-state index in [1.165, 1.54) is 10.9 Å². The van der Waals surface area contributed by atoms with Crippen molar-refractivity contribution in [2.45, 2.75) is 6.54 Å². The minimum absolute atomic E-state index is 0.103. The first-order valence-corrected chi connectivity index (χ1v) is 7.68. The van der Waals surface area contributed by atoms with Crippen LogP contribution < -0.4 is 0 Å². The Hall–Kier alpha value is -3.53. The molecule has 0 saturated heterocycles. The fourth-order valence-corrected chi connectivity index (χ4v) is 2.34. The van der Waals surface area contributed by atoms with Crippen molar-refractivity contribution in [2.75, 3.05) is 0 Å². The van der Waals surface area contributed by atoms with Crippen LogP contribution in [0, 0.1) is 10.1 Å². The standard InChI is InChI=1S/C15H9ClN6O4/c16-10-3-1-9(2-4-10)14-18-19-15(25-14)13-5-12(26-20-13)8-21-7-11(6-17-21)22(23)24/h1-7H,8H2. The average molecular weight is 373 g/mol. The van der Waals surface area contributed by atoms with Crippen LogP contribution in [-0.4, -0.2) is 30.1 Å². The van der Waals surface area contributed by atoms with E-state index in [-0.39, 0.29) is 18.1 Å². The first-order valence-electron chi connectivity index (χ1n) is 7.31. The summed E-state index contributed by atoms with van der Waals surface area (Å²) in [6.07, 6.45) is 2.46. The van der Waals surface area contributed by atoms with Crippen molar-refractivity contribution in [3.63, 3.8) is 0 Å². The predicted molar refractivity (Wildman–Crippen MR) is 88.2 cm³/mol. The first-order chi connectivity index (χ1) is 12.6. The summed E-state index contributed by atoms with van der Waals surface area (Å²) >= 11 is 5.85. The molecule has 10 nitrogen and oxygen atoms in total. The average Bonchev–Trinajstić information content (AvgIpc) is 3.36. The minimum Gasteiger partial charge on any atom is -0.414 e. The van der Waals surface area contributed by atoms with Crippen molar-refractivity contribution in [1.82, 2.24) is 25.1 Å². The van der Waals surface area contributed by atoms with E-state index in [1.54, 1.807) is 30.3 Å². The molecule has 0 saturated carbocycles. The molecule has 3 heterocycles. The van der Waals surface area contributed by atoms with Gasteiger partial charge in [0.15, 0.2) is 11.5 Å². The molecule has 0 unspecified atom stereocenters. The fraction of sp³-hybridized carbons (Fsp3) is 0.0667. The zero-order valence-corrected chi connectivity index (χ0v) is 13.7. The highest BCUT2D eigenvalue weighted by Gasteiger charge is 2.16. The Morgan fingerprint density at radius 2 is 1.96 bits per heavy atom. The van der Waals surface area contributed by atoms with Crippen molar-refractivity contribution in [1.29, 1.82) is 0 Å². The van der Waals surface area contributed by atoms with Crippen LogP contribution in [0.1, 0.15) is 5.76 Å². The number of hydrogen-bond donors (Lipinski definition) is 0. The minimum atomic E-state index is -0.522. The van der Waals surface area contributed by atoms with Gasteiger partial charge < -0.3 is 8.94 Å². The Balaban J connectivity index is 1.52. The molecule has 0 atom stereocenters. The summed E-state index contributed by atoms with van der Waals surface area (Å²) in [6.45, 7) is 0.180. The van der Waals surface area contributed by atoms with Crippen LogP contribution in [0.5, 0.6) is 0 Å². The first kappa shape index (κ1) is 16.0. The topological polar surface area (TPSA) is 126 Å². The molecular weight excluding hydrogens is 364 g/mol. The molecule has 0 bridgehead atoms. The largest absolute Gasteiger partial charge is 0.414 e. The van der Waals surface area contributed by atoms with Crippen LogP contribution in [0.2, 0.25) is 5.02 Å². The number of rotatable bonds is 5. The lowest BCUT2D eigenvalue weighted by atomic mass is 10.2. The maximum Gasteiger partial charge on any atom is 0.307 e. The summed E-state index contributed by atoms with van der Waals surface area (Å²) in [7, 11) is 0. The second-order valence-corrected chi connectivity index (χ2v) is 5.69. The highest BCUT2D eigenvalue weighted by atomic mass is 35.5. The molecule has 3 aromatic heterocycles.